The number of aromatic nitrogens is 2. The van der Waals surface area contributed by atoms with E-state index in [0.717, 1.165) is 16.2 Å². The van der Waals surface area contributed by atoms with Gasteiger partial charge in [-0.3, -0.25) is 24.1 Å². The Hall–Kier alpha value is -4.75. The van der Waals surface area contributed by atoms with Crippen molar-refractivity contribution >= 4 is 64.1 Å². The van der Waals surface area contributed by atoms with E-state index < -0.39 is 63.3 Å². The van der Waals surface area contributed by atoms with Gasteiger partial charge in [0.05, 0.1) is 32.3 Å². The fraction of sp³-hybridized carbons (Fsp3) is 0.484. The lowest BCUT2D eigenvalue weighted by Gasteiger charge is -2.51. The highest BCUT2D eigenvalue weighted by atomic mass is 32.2. The van der Waals surface area contributed by atoms with E-state index >= 15 is 0 Å². The molecule has 50 heavy (non-hydrogen) atoms. The van der Waals surface area contributed by atoms with Gasteiger partial charge in [0.1, 0.15) is 29.3 Å². The third-order valence-electron chi connectivity index (χ3n) is 7.48. The molecule has 2 aliphatic heterocycles. The number of thiazole rings is 1. The summed E-state index contributed by atoms with van der Waals surface area (Å²) in [4.78, 5) is 88.5. The van der Waals surface area contributed by atoms with Gasteiger partial charge in [-0.1, -0.05) is 5.16 Å². The van der Waals surface area contributed by atoms with E-state index in [1.165, 1.54) is 43.3 Å². The van der Waals surface area contributed by atoms with Crippen LogP contribution in [-0.2, 0) is 40.0 Å². The summed E-state index contributed by atoms with van der Waals surface area (Å²) in [7, 11) is 3.75. The minimum atomic E-state index is -1.64. The van der Waals surface area contributed by atoms with Gasteiger partial charge in [0.15, 0.2) is 16.6 Å². The molecular weight excluding hydrogens is 695 g/mol. The van der Waals surface area contributed by atoms with Crippen molar-refractivity contribution < 1.29 is 48.2 Å². The van der Waals surface area contributed by atoms with Crippen LogP contribution in [0.3, 0.4) is 0 Å². The van der Waals surface area contributed by atoms with Gasteiger partial charge in [0.2, 0.25) is 17.4 Å². The SMILES string of the molecule is CC(C)(C)OC(=O)C(C)(C)ON=C(C(=O)N[C@@H]1C(=O)N2C(C(=O)[O-])=C(C[N+](C)(C)CCc3cc(=O)c(O)c[nH]3)CS[C@@H]12)c1csc(NC=O)n1. The number of ether oxygens (including phenoxy) is 1. The van der Waals surface area contributed by atoms with Crippen LogP contribution in [0.15, 0.2) is 38.9 Å². The summed E-state index contributed by atoms with van der Waals surface area (Å²) >= 11 is 2.25. The molecule has 0 bridgehead atoms. The number of hydrogen-bond donors (Lipinski definition) is 4. The molecule has 0 aromatic carbocycles. The van der Waals surface area contributed by atoms with Crippen LogP contribution in [0.25, 0.3) is 0 Å². The standard InChI is InChI=1S/C31H39N7O10S2/c1-30(2,3)47-28(46)31(4,5)48-36-21(18-14-50-29(34-18)33-15-39)24(42)35-22-25(43)37-23(27(44)45)16(13-49-26(22)37)12-38(6,7)9-8-17-10-19(40)20(41)11-32-17/h10-11,14-15,22,26H,8-9,12-13H2,1-7H3,(H4-,32,33,34,35,36,39,40,41,42,44,45)/t22-,26+/m1/s1. The van der Waals surface area contributed by atoms with E-state index in [2.05, 4.69) is 25.8 Å². The first-order valence-electron chi connectivity index (χ1n) is 15.3. The number of nitrogens with zero attached hydrogens (tertiary/aromatic N) is 4. The lowest BCUT2D eigenvalue weighted by atomic mass is 10.0. The van der Waals surface area contributed by atoms with Gasteiger partial charge in [-0.15, -0.1) is 23.1 Å². The molecule has 270 valence electrons. The number of likely N-dealkylation sites (N-methyl/N-ethyl adjacent to an activating group) is 1. The highest BCUT2D eigenvalue weighted by Crippen LogP contribution is 2.40. The number of H-pyrrole nitrogens is 1. The van der Waals surface area contributed by atoms with Gasteiger partial charge in [-0.2, -0.15) is 0 Å². The van der Waals surface area contributed by atoms with Crippen molar-refractivity contribution in [3.8, 4) is 5.75 Å². The molecule has 3 amide bonds. The molecule has 1 saturated heterocycles. The molecule has 4 N–H and O–H groups in total. The van der Waals surface area contributed by atoms with Crippen LogP contribution in [0.4, 0.5) is 5.13 Å². The smallest absolute Gasteiger partial charge is 0.353 e. The van der Waals surface area contributed by atoms with Crippen molar-refractivity contribution in [2.45, 2.75) is 63.7 Å². The number of carboxylic acids is 1. The predicted molar refractivity (Wildman–Crippen MR) is 181 cm³/mol. The molecule has 2 aromatic heterocycles. The number of quaternary nitrogens is 1. The zero-order chi connectivity index (χ0) is 37.2. The van der Waals surface area contributed by atoms with Crippen LogP contribution >= 0.6 is 23.1 Å². The van der Waals surface area contributed by atoms with Crippen LogP contribution in [0, 0.1) is 0 Å². The molecule has 0 radical (unpaired) electrons. The van der Waals surface area contributed by atoms with Crippen molar-refractivity contribution in [2.24, 2.45) is 5.16 Å². The van der Waals surface area contributed by atoms with Crippen LogP contribution in [-0.4, -0.2) is 116 Å². The Morgan fingerprint density at radius 1 is 1.24 bits per heavy atom. The molecule has 0 saturated carbocycles. The number of esters is 1. The Balaban J connectivity index is 1.52. The Labute approximate surface area is 295 Å². The quantitative estimate of drug-likeness (QED) is 0.0488. The largest absolute Gasteiger partial charge is 0.543 e. The van der Waals surface area contributed by atoms with Gasteiger partial charge in [0.25, 0.3) is 11.8 Å². The summed E-state index contributed by atoms with van der Waals surface area (Å²) in [5, 5.41) is 31.6. The number of fused-ring (bicyclic) bond motifs is 1. The number of aromatic amines is 1. The summed E-state index contributed by atoms with van der Waals surface area (Å²) in [6, 6.07) is 0.155. The van der Waals surface area contributed by atoms with Crippen LogP contribution in [0.2, 0.25) is 0 Å². The third kappa shape index (κ3) is 8.88. The molecular formula is C31H39N7O10S2. The first-order valence-corrected chi connectivity index (χ1v) is 17.2. The molecule has 4 rings (SSSR count). The lowest BCUT2D eigenvalue weighted by molar-refractivity contribution is -0.885. The number of oxime groups is 1. The zero-order valence-corrected chi connectivity index (χ0v) is 30.2. The fourth-order valence-electron chi connectivity index (χ4n) is 4.97. The van der Waals surface area contributed by atoms with Crippen LogP contribution in [0.1, 0.15) is 46.0 Å². The highest BCUT2D eigenvalue weighted by molar-refractivity contribution is 8.00. The molecule has 2 atom stereocenters. The molecule has 0 unspecified atom stereocenters. The summed E-state index contributed by atoms with van der Waals surface area (Å²) in [6.45, 7) is 8.55. The average Bonchev–Trinajstić information content (AvgIpc) is 3.47. The number of thioether (sulfide) groups is 1. The van der Waals surface area contributed by atoms with Crippen molar-refractivity contribution in [1.82, 2.24) is 20.2 Å². The molecule has 1 fully saturated rings. The predicted octanol–water partition coefficient (Wildman–Crippen LogP) is -0.331. The maximum Gasteiger partial charge on any atom is 0.353 e. The van der Waals surface area contributed by atoms with Crippen molar-refractivity contribution in [1.29, 1.82) is 0 Å². The Morgan fingerprint density at radius 3 is 2.56 bits per heavy atom. The number of rotatable bonds is 14. The maximum atomic E-state index is 13.6. The first kappa shape index (κ1) is 38.1. The normalized spacial score (nSPS) is 18.2. The average molecular weight is 734 g/mol. The van der Waals surface area contributed by atoms with Crippen molar-refractivity contribution in [3.63, 3.8) is 0 Å². The molecule has 17 nitrogen and oxygen atoms in total. The summed E-state index contributed by atoms with van der Waals surface area (Å²) in [5.41, 5.74) is -2.62. The number of pyridine rings is 1. The second-order valence-corrected chi connectivity index (χ2v) is 15.7. The molecule has 4 heterocycles. The molecule has 0 aliphatic carbocycles. The Morgan fingerprint density at radius 2 is 1.94 bits per heavy atom. The van der Waals surface area contributed by atoms with E-state index in [4.69, 9.17) is 9.57 Å². The number of carbonyl (C=O) groups excluding carboxylic acids is 5. The van der Waals surface area contributed by atoms with Gasteiger partial charge < -0.3 is 44.7 Å². The molecule has 2 aromatic rings. The van der Waals surface area contributed by atoms with E-state index in [0.29, 0.717) is 35.1 Å². The topological polar surface area (TPSA) is 233 Å². The maximum absolute atomic E-state index is 13.6. The van der Waals surface area contributed by atoms with Crippen molar-refractivity contribution in [3.05, 3.63) is 50.5 Å². The summed E-state index contributed by atoms with van der Waals surface area (Å²) < 4.78 is 5.68. The number of hydrogen-bond acceptors (Lipinski definition) is 14. The lowest BCUT2D eigenvalue weighted by Crippen LogP contribution is -2.71. The number of nitrogens with one attached hydrogen (secondary N) is 3. The number of anilines is 1. The first-order chi connectivity index (χ1) is 23.2. The van der Waals surface area contributed by atoms with Crippen LogP contribution < -0.4 is 21.2 Å². The Kier molecular flexibility index (Phi) is 11.1. The summed E-state index contributed by atoms with van der Waals surface area (Å²) in [6.07, 6.45) is 2.04. The number of carbonyl (C=O) groups is 5. The Bertz CT molecular complexity index is 1810. The molecule has 19 heteroatoms. The monoisotopic (exact) mass is 733 g/mol. The number of aromatic hydroxyl groups is 1. The highest BCUT2D eigenvalue weighted by Gasteiger charge is 2.53. The molecule has 2 aliphatic rings. The number of β-lactam (4-membered cyclic amide) rings is 1. The zero-order valence-electron chi connectivity index (χ0n) is 28.5. The summed E-state index contributed by atoms with van der Waals surface area (Å²) in [5.74, 6) is -4.05. The van der Waals surface area contributed by atoms with Crippen molar-refractivity contribution in [2.75, 3.05) is 38.3 Å². The second-order valence-electron chi connectivity index (χ2n) is 13.7. The van der Waals surface area contributed by atoms with E-state index in [1.807, 2.05) is 14.1 Å². The van der Waals surface area contributed by atoms with E-state index in [1.54, 1.807) is 20.8 Å². The van der Waals surface area contributed by atoms with Gasteiger partial charge in [-0.05, 0) is 34.6 Å². The van der Waals surface area contributed by atoms with Gasteiger partial charge in [-0.25, -0.2) is 9.78 Å². The van der Waals surface area contributed by atoms with Crippen LogP contribution in [0.5, 0.6) is 5.75 Å². The number of carboxylic acid groups (broad SMARTS) is 1. The number of aliphatic carboxylic acids is 1. The number of amides is 3. The van der Waals surface area contributed by atoms with E-state index in [9.17, 15) is 39.0 Å². The minimum Gasteiger partial charge on any atom is -0.543 e. The molecule has 0 spiro atoms. The fourth-order valence-corrected chi connectivity index (χ4v) is 6.96. The van der Waals surface area contributed by atoms with E-state index in [-0.39, 0.29) is 28.8 Å². The minimum absolute atomic E-state index is 0.0225. The van der Waals surface area contributed by atoms with Gasteiger partial charge in [0, 0.05) is 41.1 Å². The third-order valence-corrected chi connectivity index (χ3v) is 9.60. The van der Waals surface area contributed by atoms with Gasteiger partial charge >= 0.3 is 5.97 Å². The second kappa shape index (κ2) is 14.6.